The van der Waals surface area contributed by atoms with Crippen molar-refractivity contribution >= 4 is 11.8 Å². The molecule has 1 aliphatic carbocycles. The molecule has 8 nitrogen and oxygen atoms in total. The SMILES string of the molecule is CCc1ncncc1CNc1ncc(C#N)c(N[C@@H]2C[C@](C)(O)C2(C)C)n1. The highest BCUT2D eigenvalue weighted by molar-refractivity contribution is 5.55. The van der Waals surface area contributed by atoms with Gasteiger partial charge < -0.3 is 15.7 Å². The lowest BCUT2D eigenvalue weighted by molar-refractivity contribution is -0.142. The molecule has 3 N–H and O–H groups in total. The van der Waals surface area contributed by atoms with Crippen LogP contribution in [0.25, 0.3) is 0 Å². The highest BCUT2D eigenvalue weighted by Crippen LogP contribution is 2.50. The molecule has 2 aromatic rings. The maximum absolute atomic E-state index is 10.4. The Balaban J connectivity index is 1.75. The van der Waals surface area contributed by atoms with Crippen LogP contribution in [0, 0.1) is 16.7 Å². The molecule has 0 spiro atoms. The summed E-state index contributed by atoms with van der Waals surface area (Å²) in [6.07, 6.45) is 6.23. The number of nitrogens with zero attached hydrogens (tertiary/aromatic N) is 5. The third kappa shape index (κ3) is 3.55. The molecule has 0 radical (unpaired) electrons. The fraction of sp³-hybridized carbons (Fsp3) is 0.526. The second-order valence-electron chi connectivity index (χ2n) is 7.67. The molecule has 0 amide bonds. The van der Waals surface area contributed by atoms with Crippen molar-refractivity contribution in [2.24, 2.45) is 5.41 Å². The van der Waals surface area contributed by atoms with E-state index in [4.69, 9.17) is 0 Å². The van der Waals surface area contributed by atoms with Gasteiger partial charge in [0.1, 0.15) is 23.8 Å². The van der Waals surface area contributed by atoms with Gasteiger partial charge in [0.25, 0.3) is 0 Å². The molecular formula is C19H25N7O. The zero-order chi connectivity index (χ0) is 19.7. The van der Waals surface area contributed by atoms with Crippen molar-refractivity contribution in [2.45, 2.75) is 58.7 Å². The number of nitrogens with one attached hydrogen (secondary N) is 2. The molecular weight excluding hydrogens is 342 g/mol. The lowest BCUT2D eigenvalue weighted by atomic mass is 9.56. The number of rotatable bonds is 6. The van der Waals surface area contributed by atoms with Crippen LogP contribution >= 0.6 is 0 Å². The van der Waals surface area contributed by atoms with Gasteiger partial charge in [0.05, 0.1) is 11.8 Å². The van der Waals surface area contributed by atoms with Crippen LogP contribution in [0.4, 0.5) is 11.8 Å². The first-order valence-corrected chi connectivity index (χ1v) is 9.06. The highest BCUT2D eigenvalue weighted by atomic mass is 16.3. The summed E-state index contributed by atoms with van der Waals surface area (Å²) in [6, 6.07) is 2.14. The summed E-state index contributed by atoms with van der Waals surface area (Å²) in [5.41, 5.74) is 1.27. The van der Waals surface area contributed by atoms with E-state index in [0.29, 0.717) is 30.3 Å². The maximum atomic E-state index is 10.4. The molecule has 27 heavy (non-hydrogen) atoms. The second kappa shape index (κ2) is 7.08. The zero-order valence-corrected chi connectivity index (χ0v) is 16.1. The number of anilines is 2. The number of hydrogen-bond donors (Lipinski definition) is 3. The minimum atomic E-state index is -0.741. The smallest absolute Gasteiger partial charge is 0.224 e. The van der Waals surface area contributed by atoms with Crippen LogP contribution in [-0.2, 0) is 13.0 Å². The fourth-order valence-electron chi connectivity index (χ4n) is 3.24. The summed E-state index contributed by atoms with van der Waals surface area (Å²) in [4.78, 5) is 17.0. The molecule has 142 valence electrons. The minimum absolute atomic E-state index is 0.0246. The Bertz CT molecular complexity index is 873. The Kier molecular flexibility index (Phi) is 4.98. The molecule has 0 saturated heterocycles. The Morgan fingerprint density at radius 2 is 2.07 bits per heavy atom. The molecule has 0 unspecified atom stereocenters. The second-order valence-corrected chi connectivity index (χ2v) is 7.67. The first kappa shape index (κ1) is 19.0. The highest BCUT2D eigenvalue weighted by Gasteiger charge is 2.56. The van der Waals surface area contributed by atoms with Gasteiger partial charge in [0.2, 0.25) is 5.95 Å². The zero-order valence-electron chi connectivity index (χ0n) is 16.1. The van der Waals surface area contributed by atoms with E-state index in [-0.39, 0.29) is 11.5 Å². The summed E-state index contributed by atoms with van der Waals surface area (Å²) >= 11 is 0. The number of nitriles is 1. The Labute approximate surface area is 159 Å². The average Bonchev–Trinajstić information content (AvgIpc) is 2.66. The first-order chi connectivity index (χ1) is 12.8. The third-order valence-corrected chi connectivity index (χ3v) is 5.73. The van der Waals surface area contributed by atoms with E-state index in [9.17, 15) is 10.4 Å². The van der Waals surface area contributed by atoms with E-state index >= 15 is 0 Å². The van der Waals surface area contributed by atoms with Gasteiger partial charge in [0.15, 0.2) is 0 Å². The molecule has 2 atom stereocenters. The summed E-state index contributed by atoms with van der Waals surface area (Å²) < 4.78 is 0. The molecule has 2 aromatic heterocycles. The number of aromatic nitrogens is 4. The van der Waals surface area contributed by atoms with Gasteiger partial charge in [-0.25, -0.2) is 15.0 Å². The Morgan fingerprint density at radius 3 is 2.70 bits per heavy atom. The molecule has 3 rings (SSSR count). The lowest BCUT2D eigenvalue weighted by Crippen LogP contribution is -2.64. The van der Waals surface area contributed by atoms with Gasteiger partial charge in [-0.15, -0.1) is 0 Å². The summed E-state index contributed by atoms with van der Waals surface area (Å²) in [7, 11) is 0. The van der Waals surface area contributed by atoms with Crippen molar-refractivity contribution in [3.05, 3.63) is 35.5 Å². The normalized spacial score (nSPS) is 23.2. The standard InChI is InChI=1S/C19H25N7O/c1-5-14-13(8-21-11-24-14)10-23-17-22-9-12(7-20)16(26-17)25-15-6-19(4,27)18(15,2)3/h8-9,11,15,27H,5-6,10H2,1-4H3,(H2,22,23,25,26)/t15-,19+/m1/s1. The topological polar surface area (TPSA) is 120 Å². The molecule has 0 aliphatic heterocycles. The van der Waals surface area contributed by atoms with Crippen LogP contribution in [-0.4, -0.2) is 36.7 Å². The Hall–Kier alpha value is -2.79. The van der Waals surface area contributed by atoms with E-state index in [1.165, 1.54) is 12.5 Å². The van der Waals surface area contributed by atoms with Crippen LogP contribution in [0.2, 0.25) is 0 Å². The van der Waals surface area contributed by atoms with Crippen molar-refractivity contribution in [1.82, 2.24) is 19.9 Å². The minimum Gasteiger partial charge on any atom is -0.389 e. The van der Waals surface area contributed by atoms with E-state index in [1.807, 2.05) is 27.7 Å². The van der Waals surface area contributed by atoms with Gasteiger partial charge >= 0.3 is 0 Å². The van der Waals surface area contributed by atoms with E-state index in [2.05, 4.69) is 36.6 Å². The molecule has 2 heterocycles. The van der Waals surface area contributed by atoms with Crippen LogP contribution in [0.5, 0.6) is 0 Å². The van der Waals surface area contributed by atoms with Crippen molar-refractivity contribution in [3.63, 3.8) is 0 Å². The Morgan fingerprint density at radius 1 is 1.30 bits per heavy atom. The van der Waals surface area contributed by atoms with Crippen LogP contribution < -0.4 is 10.6 Å². The van der Waals surface area contributed by atoms with E-state index in [0.717, 1.165) is 17.7 Å². The summed E-state index contributed by atoms with van der Waals surface area (Å²) in [5, 5.41) is 26.2. The summed E-state index contributed by atoms with van der Waals surface area (Å²) in [6.45, 7) is 8.38. The van der Waals surface area contributed by atoms with Gasteiger partial charge in [-0.1, -0.05) is 20.8 Å². The molecule has 1 aliphatic rings. The predicted octanol–water partition coefficient (Wildman–Crippen LogP) is 2.27. The molecule has 0 aromatic carbocycles. The van der Waals surface area contributed by atoms with Crippen molar-refractivity contribution in [2.75, 3.05) is 10.6 Å². The van der Waals surface area contributed by atoms with Crippen molar-refractivity contribution < 1.29 is 5.11 Å². The molecule has 1 fully saturated rings. The molecule has 0 bridgehead atoms. The van der Waals surface area contributed by atoms with Crippen molar-refractivity contribution in [1.29, 1.82) is 5.26 Å². The summed E-state index contributed by atoms with van der Waals surface area (Å²) in [5.74, 6) is 0.898. The average molecular weight is 367 g/mol. The first-order valence-electron chi connectivity index (χ1n) is 9.06. The third-order valence-electron chi connectivity index (χ3n) is 5.73. The molecule has 8 heteroatoms. The van der Waals surface area contributed by atoms with Gasteiger partial charge in [-0.05, 0) is 19.8 Å². The van der Waals surface area contributed by atoms with Crippen LogP contribution in [0.15, 0.2) is 18.7 Å². The van der Waals surface area contributed by atoms with Crippen molar-refractivity contribution in [3.8, 4) is 6.07 Å². The number of aliphatic hydroxyl groups is 1. The number of hydrogen-bond acceptors (Lipinski definition) is 8. The fourth-order valence-corrected chi connectivity index (χ4v) is 3.24. The van der Waals surface area contributed by atoms with Gasteiger partial charge in [0, 0.05) is 35.5 Å². The quantitative estimate of drug-likeness (QED) is 0.711. The van der Waals surface area contributed by atoms with E-state index in [1.54, 1.807) is 6.20 Å². The van der Waals surface area contributed by atoms with Crippen LogP contribution in [0.1, 0.15) is 50.9 Å². The monoisotopic (exact) mass is 367 g/mol. The van der Waals surface area contributed by atoms with Gasteiger partial charge in [-0.3, -0.25) is 0 Å². The predicted molar refractivity (Wildman–Crippen MR) is 102 cm³/mol. The largest absolute Gasteiger partial charge is 0.389 e. The maximum Gasteiger partial charge on any atom is 0.224 e. The lowest BCUT2D eigenvalue weighted by Gasteiger charge is -2.57. The number of aryl methyl sites for hydroxylation is 1. The van der Waals surface area contributed by atoms with Crippen LogP contribution in [0.3, 0.4) is 0 Å². The van der Waals surface area contributed by atoms with E-state index < -0.39 is 5.60 Å². The molecule has 1 saturated carbocycles. The van der Waals surface area contributed by atoms with Gasteiger partial charge in [-0.2, -0.15) is 10.2 Å².